The zero-order chi connectivity index (χ0) is 10.7. The van der Waals surface area contributed by atoms with Gasteiger partial charge in [0.1, 0.15) is 0 Å². The molecule has 0 aliphatic carbocycles. The van der Waals surface area contributed by atoms with Crippen LogP contribution in [0.1, 0.15) is 15.9 Å². The minimum absolute atomic E-state index is 0.166. The maximum absolute atomic E-state index is 10.8. The third kappa shape index (κ3) is 2.15. The van der Waals surface area contributed by atoms with Gasteiger partial charge in [0.2, 0.25) is 0 Å². The van der Waals surface area contributed by atoms with Gasteiger partial charge in [-0.25, -0.2) is 4.79 Å². The van der Waals surface area contributed by atoms with Crippen LogP contribution in [0.5, 0.6) is 0 Å². The average Bonchev–Trinajstić information content (AvgIpc) is 2.10. The molecule has 1 N–H and O–H groups in total. The molecule has 0 heterocycles. The van der Waals surface area contributed by atoms with Crippen LogP contribution in [-0.4, -0.2) is 11.1 Å². The summed E-state index contributed by atoms with van der Waals surface area (Å²) in [6, 6.07) is 3.18. The second kappa shape index (κ2) is 4.30. The van der Waals surface area contributed by atoms with Gasteiger partial charge in [-0.3, -0.25) is 0 Å². The van der Waals surface area contributed by atoms with E-state index >= 15 is 0 Å². The number of benzene rings is 1. The normalized spacial score (nSPS) is 9.29. The predicted molar refractivity (Wildman–Crippen MR) is 59.7 cm³/mol. The number of nitrogens with zero attached hydrogens (tertiary/aromatic N) is 3. The van der Waals surface area contributed by atoms with Crippen molar-refractivity contribution in [2.45, 2.75) is 6.92 Å². The molecule has 1 aromatic rings. The number of aromatic carboxylic acids is 1. The molecular formula is C8H6IN3O2. The lowest BCUT2D eigenvalue weighted by molar-refractivity contribution is 0.0696. The number of carboxylic acid groups (broad SMARTS) is 1. The van der Waals surface area contributed by atoms with Crippen LogP contribution < -0.4 is 0 Å². The number of rotatable bonds is 2. The molecule has 72 valence electrons. The highest BCUT2D eigenvalue weighted by Crippen LogP contribution is 2.25. The molecule has 6 heteroatoms. The van der Waals surface area contributed by atoms with Crippen molar-refractivity contribution < 1.29 is 9.90 Å². The SMILES string of the molecule is Cc1c(N=[N+]=[N-])cc(I)cc1C(=O)O. The van der Waals surface area contributed by atoms with Crippen molar-refractivity contribution in [2.75, 3.05) is 0 Å². The third-order valence-corrected chi connectivity index (χ3v) is 2.35. The van der Waals surface area contributed by atoms with E-state index in [0.717, 1.165) is 3.57 Å². The van der Waals surface area contributed by atoms with Gasteiger partial charge in [0.05, 0.1) is 5.56 Å². The van der Waals surface area contributed by atoms with Gasteiger partial charge in [-0.05, 0) is 52.7 Å². The highest BCUT2D eigenvalue weighted by atomic mass is 127. The smallest absolute Gasteiger partial charge is 0.336 e. The molecule has 0 fully saturated rings. The van der Waals surface area contributed by atoms with Gasteiger partial charge >= 0.3 is 5.97 Å². The Labute approximate surface area is 93.5 Å². The molecule has 0 aromatic heterocycles. The monoisotopic (exact) mass is 303 g/mol. The standard InChI is InChI=1S/C8H6IN3O2/c1-4-6(8(13)14)2-5(9)3-7(4)11-12-10/h2-3H,1H3,(H,13,14). The van der Waals surface area contributed by atoms with E-state index in [2.05, 4.69) is 10.0 Å². The first-order valence-electron chi connectivity index (χ1n) is 3.65. The Bertz CT molecular complexity index is 415. The summed E-state index contributed by atoms with van der Waals surface area (Å²) in [5, 5.41) is 12.3. The van der Waals surface area contributed by atoms with Crippen LogP contribution in [0, 0.1) is 10.5 Å². The summed E-state index contributed by atoms with van der Waals surface area (Å²) in [5.41, 5.74) is 9.28. The molecule has 1 aromatic carbocycles. The lowest BCUT2D eigenvalue weighted by Crippen LogP contribution is -2.00. The summed E-state index contributed by atoms with van der Waals surface area (Å²) in [4.78, 5) is 13.4. The second-order valence-corrected chi connectivity index (χ2v) is 3.84. The Balaban J connectivity index is 3.46. The summed E-state index contributed by atoms with van der Waals surface area (Å²) in [6.07, 6.45) is 0. The minimum Gasteiger partial charge on any atom is -0.478 e. The second-order valence-electron chi connectivity index (χ2n) is 2.59. The van der Waals surface area contributed by atoms with E-state index in [1.165, 1.54) is 6.07 Å². The van der Waals surface area contributed by atoms with Crippen molar-refractivity contribution in [3.8, 4) is 0 Å². The highest BCUT2D eigenvalue weighted by Gasteiger charge is 2.10. The predicted octanol–water partition coefficient (Wildman–Crippen LogP) is 3.24. The van der Waals surface area contributed by atoms with Crippen LogP contribution in [0.4, 0.5) is 5.69 Å². The van der Waals surface area contributed by atoms with Gasteiger partial charge in [-0.15, -0.1) is 0 Å². The first-order valence-corrected chi connectivity index (χ1v) is 4.72. The van der Waals surface area contributed by atoms with Gasteiger partial charge in [0.15, 0.2) is 0 Å². The van der Waals surface area contributed by atoms with Crippen LogP contribution in [0.15, 0.2) is 17.2 Å². The fourth-order valence-corrected chi connectivity index (χ4v) is 1.65. The molecule has 0 radical (unpaired) electrons. The third-order valence-electron chi connectivity index (χ3n) is 1.73. The molecule has 0 aliphatic heterocycles. The summed E-state index contributed by atoms with van der Waals surface area (Å²) < 4.78 is 0.730. The maximum Gasteiger partial charge on any atom is 0.336 e. The van der Waals surface area contributed by atoms with Gasteiger partial charge in [0.25, 0.3) is 0 Å². The van der Waals surface area contributed by atoms with Crippen LogP contribution in [0.2, 0.25) is 0 Å². The van der Waals surface area contributed by atoms with Crippen LogP contribution in [-0.2, 0) is 0 Å². The van der Waals surface area contributed by atoms with Crippen molar-refractivity contribution in [3.63, 3.8) is 0 Å². The van der Waals surface area contributed by atoms with Crippen LogP contribution in [0.3, 0.4) is 0 Å². The molecule has 5 nitrogen and oxygen atoms in total. The Morgan fingerprint density at radius 1 is 1.64 bits per heavy atom. The van der Waals surface area contributed by atoms with Crippen molar-refractivity contribution in [1.82, 2.24) is 0 Å². The number of azide groups is 1. The van der Waals surface area contributed by atoms with Crippen molar-refractivity contribution in [3.05, 3.63) is 37.3 Å². The Hall–Kier alpha value is -1.27. The fraction of sp³-hybridized carbons (Fsp3) is 0.125. The average molecular weight is 303 g/mol. The summed E-state index contributed by atoms with van der Waals surface area (Å²) in [5.74, 6) is -1.02. The van der Waals surface area contributed by atoms with Gasteiger partial charge < -0.3 is 5.11 Å². The van der Waals surface area contributed by atoms with Crippen LogP contribution >= 0.6 is 22.6 Å². The molecule has 0 saturated carbocycles. The van der Waals surface area contributed by atoms with Gasteiger partial charge in [-0.1, -0.05) is 5.11 Å². The lowest BCUT2D eigenvalue weighted by atomic mass is 10.1. The molecule has 1 rings (SSSR count). The maximum atomic E-state index is 10.8. The number of hydrogen-bond donors (Lipinski definition) is 1. The molecule has 0 spiro atoms. The summed E-state index contributed by atoms with van der Waals surface area (Å²) in [6.45, 7) is 1.61. The van der Waals surface area contributed by atoms with Gasteiger partial charge in [-0.2, -0.15) is 0 Å². The minimum atomic E-state index is -1.02. The number of carboxylic acids is 1. The van der Waals surface area contributed by atoms with Crippen molar-refractivity contribution in [2.24, 2.45) is 5.11 Å². The number of halogens is 1. The highest BCUT2D eigenvalue weighted by molar-refractivity contribution is 14.1. The van der Waals surface area contributed by atoms with E-state index in [1.807, 2.05) is 22.6 Å². The Morgan fingerprint density at radius 2 is 2.29 bits per heavy atom. The lowest BCUT2D eigenvalue weighted by Gasteiger charge is -2.04. The molecule has 0 atom stereocenters. The largest absolute Gasteiger partial charge is 0.478 e. The Kier molecular flexibility index (Phi) is 3.32. The number of carbonyl (C=O) groups is 1. The molecule has 0 aliphatic rings. The first-order chi connectivity index (χ1) is 6.56. The van der Waals surface area contributed by atoms with Gasteiger partial charge in [0, 0.05) is 14.2 Å². The van der Waals surface area contributed by atoms with Crippen molar-refractivity contribution >= 4 is 34.2 Å². The molecule has 0 saturated heterocycles. The fourth-order valence-electron chi connectivity index (χ4n) is 1.04. The van der Waals surface area contributed by atoms with E-state index < -0.39 is 5.97 Å². The molecular weight excluding hydrogens is 297 g/mol. The van der Waals surface area contributed by atoms with E-state index in [4.69, 9.17) is 10.6 Å². The zero-order valence-electron chi connectivity index (χ0n) is 7.23. The zero-order valence-corrected chi connectivity index (χ0v) is 9.39. The van der Waals surface area contributed by atoms with E-state index in [9.17, 15) is 4.79 Å². The first kappa shape index (κ1) is 10.8. The summed E-state index contributed by atoms with van der Waals surface area (Å²) in [7, 11) is 0. The molecule has 0 unspecified atom stereocenters. The van der Waals surface area contributed by atoms with E-state index in [1.54, 1.807) is 13.0 Å². The van der Waals surface area contributed by atoms with E-state index in [0.29, 0.717) is 11.3 Å². The molecule has 14 heavy (non-hydrogen) atoms. The van der Waals surface area contributed by atoms with Crippen molar-refractivity contribution in [1.29, 1.82) is 0 Å². The number of hydrogen-bond acceptors (Lipinski definition) is 2. The molecule has 0 bridgehead atoms. The summed E-state index contributed by atoms with van der Waals surface area (Å²) >= 11 is 1.97. The van der Waals surface area contributed by atoms with Crippen LogP contribution in [0.25, 0.3) is 10.4 Å². The molecule has 0 amide bonds. The quantitative estimate of drug-likeness (QED) is 0.393. The topological polar surface area (TPSA) is 86.1 Å². The Morgan fingerprint density at radius 3 is 2.79 bits per heavy atom. The van der Waals surface area contributed by atoms with E-state index in [-0.39, 0.29) is 5.56 Å².